The molecule has 1 aromatic carbocycles. The van der Waals surface area contributed by atoms with Crippen LogP contribution in [0.2, 0.25) is 0 Å². The summed E-state index contributed by atoms with van der Waals surface area (Å²) >= 11 is 0. The monoisotopic (exact) mass is 317 g/mol. The van der Waals surface area contributed by atoms with E-state index < -0.39 is 0 Å². The van der Waals surface area contributed by atoms with E-state index in [0.717, 1.165) is 0 Å². The van der Waals surface area contributed by atoms with Gasteiger partial charge in [0.05, 0.1) is 0 Å². The van der Waals surface area contributed by atoms with Crippen LogP contribution in [0.5, 0.6) is 0 Å². The van der Waals surface area contributed by atoms with Crippen LogP contribution in [0.4, 0.5) is 4.39 Å². The SMILES string of the molecule is Cc1noc(CCCC(=O)NCc2cc(C3CC3)ccc2F)n1. The molecule has 0 saturated heterocycles. The van der Waals surface area contributed by atoms with E-state index in [1.165, 1.54) is 24.5 Å². The molecule has 1 fully saturated rings. The summed E-state index contributed by atoms with van der Waals surface area (Å²) in [5.74, 6) is 1.34. The van der Waals surface area contributed by atoms with Crippen molar-refractivity contribution < 1.29 is 13.7 Å². The molecule has 0 unspecified atom stereocenters. The van der Waals surface area contributed by atoms with Crippen LogP contribution in [0.1, 0.15) is 54.4 Å². The highest BCUT2D eigenvalue weighted by Crippen LogP contribution is 2.40. The van der Waals surface area contributed by atoms with Gasteiger partial charge in [-0.05, 0) is 43.7 Å². The maximum absolute atomic E-state index is 13.8. The maximum atomic E-state index is 13.8. The molecule has 1 aliphatic rings. The summed E-state index contributed by atoms with van der Waals surface area (Å²) < 4.78 is 18.8. The third-order valence-corrected chi connectivity index (χ3v) is 3.96. The topological polar surface area (TPSA) is 68.0 Å². The minimum absolute atomic E-state index is 0.0996. The van der Waals surface area contributed by atoms with E-state index in [1.54, 1.807) is 6.92 Å². The van der Waals surface area contributed by atoms with Gasteiger partial charge >= 0.3 is 0 Å². The lowest BCUT2D eigenvalue weighted by Crippen LogP contribution is -2.23. The van der Waals surface area contributed by atoms with E-state index >= 15 is 0 Å². The number of carbonyl (C=O) groups is 1. The van der Waals surface area contributed by atoms with Crippen LogP contribution in [0, 0.1) is 12.7 Å². The predicted octanol–water partition coefficient (Wildman–Crippen LogP) is 3.03. The number of nitrogens with one attached hydrogen (secondary N) is 1. The predicted molar refractivity (Wildman–Crippen MR) is 82.2 cm³/mol. The van der Waals surface area contributed by atoms with E-state index in [-0.39, 0.29) is 18.3 Å². The number of aryl methyl sites for hydroxylation is 2. The molecule has 122 valence electrons. The molecule has 1 amide bonds. The zero-order chi connectivity index (χ0) is 16.2. The fraction of sp³-hybridized carbons (Fsp3) is 0.471. The Morgan fingerprint density at radius 3 is 2.96 bits per heavy atom. The number of aromatic nitrogens is 2. The Balaban J connectivity index is 1.44. The molecule has 0 aliphatic heterocycles. The van der Waals surface area contributed by atoms with Crippen LogP contribution in [-0.2, 0) is 17.8 Å². The molecule has 5 nitrogen and oxygen atoms in total. The number of hydrogen-bond donors (Lipinski definition) is 1. The Bertz CT molecular complexity index is 695. The number of rotatable bonds is 7. The van der Waals surface area contributed by atoms with Crippen molar-refractivity contribution in [2.45, 2.75) is 51.5 Å². The molecular weight excluding hydrogens is 297 g/mol. The molecule has 0 bridgehead atoms. The molecule has 0 radical (unpaired) electrons. The second-order valence-corrected chi connectivity index (χ2v) is 5.99. The lowest BCUT2D eigenvalue weighted by molar-refractivity contribution is -0.121. The van der Waals surface area contributed by atoms with Crippen LogP contribution in [0.15, 0.2) is 22.7 Å². The largest absolute Gasteiger partial charge is 0.352 e. The number of halogens is 1. The van der Waals surface area contributed by atoms with Gasteiger partial charge < -0.3 is 9.84 Å². The molecular formula is C17H20FN3O2. The third-order valence-electron chi connectivity index (χ3n) is 3.96. The van der Waals surface area contributed by atoms with Gasteiger partial charge in [0.1, 0.15) is 5.82 Å². The van der Waals surface area contributed by atoms with Gasteiger partial charge in [0.2, 0.25) is 11.8 Å². The van der Waals surface area contributed by atoms with Crippen molar-refractivity contribution in [2.75, 3.05) is 0 Å². The molecule has 0 spiro atoms. The minimum Gasteiger partial charge on any atom is -0.352 e. The van der Waals surface area contributed by atoms with E-state index in [2.05, 4.69) is 15.5 Å². The van der Waals surface area contributed by atoms with Crippen molar-refractivity contribution in [2.24, 2.45) is 0 Å². The Morgan fingerprint density at radius 2 is 2.26 bits per heavy atom. The quantitative estimate of drug-likeness (QED) is 0.852. The molecule has 1 saturated carbocycles. The second-order valence-electron chi connectivity index (χ2n) is 5.99. The molecule has 1 heterocycles. The number of amides is 1. The number of benzene rings is 1. The molecule has 1 N–H and O–H groups in total. The Hall–Kier alpha value is -2.24. The van der Waals surface area contributed by atoms with Gasteiger partial charge in [-0.3, -0.25) is 4.79 Å². The van der Waals surface area contributed by atoms with Crippen LogP contribution in [-0.4, -0.2) is 16.0 Å². The summed E-state index contributed by atoms with van der Waals surface area (Å²) in [6.45, 7) is 1.98. The summed E-state index contributed by atoms with van der Waals surface area (Å²) in [5, 5.41) is 6.47. The molecule has 2 aromatic rings. The zero-order valence-electron chi connectivity index (χ0n) is 13.1. The standard InChI is InChI=1S/C17H20FN3O2/c1-11-20-17(23-21-11)4-2-3-16(22)19-10-14-9-13(12-5-6-12)7-8-15(14)18/h7-9,12H,2-6,10H2,1H3,(H,19,22). The highest BCUT2D eigenvalue weighted by molar-refractivity contribution is 5.75. The zero-order valence-corrected chi connectivity index (χ0v) is 13.1. The first-order valence-corrected chi connectivity index (χ1v) is 7.96. The average molecular weight is 317 g/mol. The van der Waals surface area contributed by atoms with Crippen LogP contribution in [0.3, 0.4) is 0 Å². The van der Waals surface area contributed by atoms with E-state index in [1.807, 2.05) is 12.1 Å². The Morgan fingerprint density at radius 1 is 1.43 bits per heavy atom. The summed E-state index contributed by atoms with van der Waals surface area (Å²) in [4.78, 5) is 15.9. The lowest BCUT2D eigenvalue weighted by Gasteiger charge is -2.08. The molecule has 1 aliphatic carbocycles. The highest BCUT2D eigenvalue weighted by atomic mass is 19.1. The van der Waals surface area contributed by atoms with Crippen molar-refractivity contribution >= 4 is 5.91 Å². The van der Waals surface area contributed by atoms with E-state index in [0.29, 0.717) is 42.5 Å². The maximum Gasteiger partial charge on any atom is 0.226 e. The molecule has 6 heteroatoms. The van der Waals surface area contributed by atoms with Crippen molar-refractivity contribution in [1.82, 2.24) is 15.5 Å². The summed E-state index contributed by atoms with van der Waals surface area (Å²) in [5.41, 5.74) is 1.72. The normalized spacial score (nSPS) is 14.0. The number of hydrogen-bond acceptors (Lipinski definition) is 4. The first-order valence-electron chi connectivity index (χ1n) is 7.96. The highest BCUT2D eigenvalue weighted by Gasteiger charge is 2.24. The van der Waals surface area contributed by atoms with E-state index in [4.69, 9.17) is 4.52 Å². The molecule has 23 heavy (non-hydrogen) atoms. The van der Waals surface area contributed by atoms with Crippen molar-refractivity contribution in [3.8, 4) is 0 Å². The van der Waals surface area contributed by atoms with Crippen molar-refractivity contribution in [1.29, 1.82) is 0 Å². The van der Waals surface area contributed by atoms with Crippen LogP contribution in [0.25, 0.3) is 0 Å². The first kappa shape index (κ1) is 15.6. The Kier molecular flexibility index (Phi) is 4.69. The fourth-order valence-electron chi connectivity index (χ4n) is 2.52. The van der Waals surface area contributed by atoms with Gasteiger partial charge in [-0.1, -0.05) is 17.3 Å². The smallest absolute Gasteiger partial charge is 0.226 e. The molecule has 3 rings (SSSR count). The van der Waals surface area contributed by atoms with Gasteiger partial charge in [0.25, 0.3) is 0 Å². The summed E-state index contributed by atoms with van der Waals surface area (Å²) in [6.07, 6.45) is 3.89. The van der Waals surface area contributed by atoms with Gasteiger partial charge in [-0.2, -0.15) is 4.98 Å². The lowest BCUT2D eigenvalue weighted by atomic mass is 10.1. The second kappa shape index (κ2) is 6.89. The first-order chi connectivity index (χ1) is 11.1. The van der Waals surface area contributed by atoms with Crippen molar-refractivity contribution in [3.63, 3.8) is 0 Å². The fourth-order valence-corrected chi connectivity index (χ4v) is 2.52. The van der Waals surface area contributed by atoms with Gasteiger partial charge in [0.15, 0.2) is 5.82 Å². The summed E-state index contributed by atoms with van der Waals surface area (Å²) in [7, 11) is 0. The Labute approximate surface area is 134 Å². The molecule has 1 aromatic heterocycles. The minimum atomic E-state index is -0.268. The van der Waals surface area contributed by atoms with Gasteiger partial charge in [-0.15, -0.1) is 0 Å². The van der Waals surface area contributed by atoms with Crippen LogP contribution >= 0.6 is 0 Å². The van der Waals surface area contributed by atoms with E-state index in [9.17, 15) is 9.18 Å². The average Bonchev–Trinajstić information content (AvgIpc) is 3.29. The van der Waals surface area contributed by atoms with Crippen molar-refractivity contribution in [3.05, 3.63) is 46.9 Å². The number of nitrogens with zero attached hydrogens (tertiary/aromatic N) is 2. The van der Waals surface area contributed by atoms with Gasteiger partial charge in [0, 0.05) is 24.9 Å². The number of carbonyl (C=O) groups excluding carboxylic acids is 1. The van der Waals surface area contributed by atoms with Crippen LogP contribution < -0.4 is 5.32 Å². The molecule has 0 atom stereocenters. The summed E-state index contributed by atoms with van der Waals surface area (Å²) in [6, 6.07) is 5.20. The third kappa shape index (κ3) is 4.37. The van der Waals surface area contributed by atoms with Gasteiger partial charge in [-0.25, -0.2) is 4.39 Å².